The van der Waals surface area contributed by atoms with Gasteiger partial charge in [-0.05, 0) is 290 Å². The van der Waals surface area contributed by atoms with Gasteiger partial charge in [0.05, 0.1) is 0 Å². The summed E-state index contributed by atoms with van der Waals surface area (Å²) in [5.74, 6) is 0.283. The van der Waals surface area contributed by atoms with Crippen molar-refractivity contribution < 1.29 is 0 Å². The van der Waals surface area contributed by atoms with Crippen LogP contribution in [0.1, 0.15) is 67.8 Å². The van der Waals surface area contributed by atoms with Gasteiger partial charge in [-0.2, -0.15) is 0 Å². The fourth-order valence-corrected chi connectivity index (χ4v) is 26.0. The number of benzene rings is 25. The molecular weight excluding hydrogens is 1790 g/mol. The van der Waals surface area contributed by atoms with Crippen LogP contribution in [0.5, 0.6) is 0 Å². The fraction of sp³-hybridized carbons (Fsp3) is 0.0216. The molecule has 0 amide bonds. The molecule has 0 N–H and O–H groups in total. The maximum atomic E-state index is 2.42. The Morgan fingerprint density at radius 3 is 0.681 bits per heavy atom. The largest absolute Gasteiger partial charge is 0.311 e. The van der Waals surface area contributed by atoms with Crippen molar-refractivity contribution in [3.05, 3.63) is 602 Å². The van der Waals surface area contributed by atoms with E-state index in [1.165, 1.54) is 210 Å². The van der Waals surface area contributed by atoms with Gasteiger partial charge in [0.25, 0.3) is 0 Å². The first-order valence-electron chi connectivity index (χ1n) is 49.6. The van der Waals surface area contributed by atoms with Crippen LogP contribution in [-0.2, 0) is 0 Å². The van der Waals surface area contributed by atoms with Gasteiger partial charge in [0.1, 0.15) is 0 Å². The number of fused-ring (bicyclic) bond motifs is 19. The first-order chi connectivity index (χ1) is 71.4. The zero-order valence-electron chi connectivity index (χ0n) is 78.9. The molecule has 5 heteroatoms. The zero-order chi connectivity index (χ0) is 95.3. The van der Waals surface area contributed by atoms with Crippen molar-refractivity contribution in [1.82, 2.24) is 0 Å². The molecule has 3 aliphatic heterocycles. The van der Waals surface area contributed by atoms with E-state index >= 15 is 0 Å². The molecule has 2 nitrogen and oxygen atoms in total. The first-order valence-corrected chi connectivity index (χ1v) is 52.0. The smallest absolute Gasteiger partial charge is 0.0464 e. The highest BCUT2D eigenvalue weighted by molar-refractivity contribution is 8.00. The number of anilines is 6. The quantitative estimate of drug-likeness (QED) is 0.107. The average molecular weight is 1890 g/mol. The van der Waals surface area contributed by atoms with Crippen LogP contribution >= 0.6 is 35.3 Å². The van der Waals surface area contributed by atoms with Crippen LogP contribution in [0, 0.1) is 0 Å². The fourth-order valence-electron chi connectivity index (χ4n) is 22.5. The molecule has 3 heterocycles. The van der Waals surface area contributed by atoms with Crippen LogP contribution in [0.15, 0.2) is 581 Å². The number of rotatable bonds is 14. The second kappa shape index (κ2) is 38.2. The molecule has 678 valence electrons. The molecule has 0 bridgehead atoms. The lowest BCUT2D eigenvalue weighted by molar-refractivity contribution is 0.925. The summed E-state index contributed by atoms with van der Waals surface area (Å²) in [5.41, 5.74) is 31.3. The molecular formula is C139H94N2S3. The normalized spacial score (nSPS) is 12.6. The van der Waals surface area contributed by atoms with Gasteiger partial charge in [-0.15, -0.1) is 0 Å². The predicted molar refractivity (Wildman–Crippen MR) is 612 cm³/mol. The molecule has 3 aliphatic rings. The summed E-state index contributed by atoms with van der Waals surface area (Å²) in [6.45, 7) is 0. The van der Waals surface area contributed by atoms with Crippen LogP contribution < -0.4 is 9.80 Å². The molecule has 0 atom stereocenters. The summed E-state index contributed by atoms with van der Waals surface area (Å²) in [6.07, 6.45) is 0. The van der Waals surface area contributed by atoms with Crippen molar-refractivity contribution in [2.45, 2.75) is 47.1 Å². The van der Waals surface area contributed by atoms with Crippen molar-refractivity contribution in [2.75, 3.05) is 9.80 Å². The second-order valence-electron chi connectivity index (χ2n) is 37.4. The van der Waals surface area contributed by atoms with E-state index in [2.05, 4.69) is 562 Å². The van der Waals surface area contributed by atoms with Gasteiger partial charge in [0.15, 0.2) is 0 Å². The van der Waals surface area contributed by atoms with Gasteiger partial charge in [0.2, 0.25) is 0 Å². The maximum Gasteiger partial charge on any atom is 0.0464 e. The van der Waals surface area contributed by atoms with E-state index in [1.54, 1.807) is 0 Å². The standard InChI is InChI=1S/2C51H35NS.C37H24S/c1-3-12-35(13-4-1)37-22-28-42(29-23-37)52(43-30-24-38(25-31-43)36-14-5-2-6-15-36)44-19-11-18-41(34-44)49-50-45-20-9-7-16-39(45)26-32-47(50)53-48-33-27-40-17-8-10-21-46(40)51(48)49;1-3-11-35(12-4-1)37-19-27-42(28-20-37)52(43-29-21-38(22-30-43)36-13-5-2-6-14-36)44-31-23-41(24-32-44)49-50-45-17-9-7-15-39(45)25-33-47(50)53-48-34-26-40-16-8-10-18-46(40)51(48)49;1-2-10-24(11-3-1)27-20-21-32(31-17-9-8-16-30(27)31)37-35-28-14-6-4-12-25(28)18-22-33(35)38-34-23-19-26-13-5-7-15-29(26)36(34)37/h2*1-34,49H;1-23,37H. The minimum atomic E-state index is 0.0566. The molecule has 25 aromatic rings. The van der Waals surface area contributed by atoms with Gasteiger partial charge >= 0.3 is 0 Å². The lowest BCUT2D eigenvalue weighted by Crippen LogP contribution is -2.14. The van der Waals surface area contributed by atoms with Crippen LogP contribution in [-0.4, -0.2) is 0 Å². The van der Waals surface area contributed by atoms with Crippen LogP contribution in [0.25, 0.3) is 131 Å². The first kappa shape index (κ1) is 87.2. The molecule has 28 rings (SSSR count). The number of nitrogens with zero attached hydrogens (tertiary/aromatic N) is 2. The monoisotopic (exact) mass is 1890 g/mol. The maximum absolute atomic E-state index is 2.42. The molecule has 0 spiro atoms. The Balaban J connectivity index is 0.000000112. The molecule has 0 radical (unpaired) electrons. The molecule has 0 fully saturated rings. The third-order valence-corrected chi connectivity index (χ3v) is 32.7. The van der Waals surface area contributed by atoms with E-state index in [0.717, 1.165) is 34.1 Å². The third-order valence-electron chi connectivity index (χ3n) is 29.2. The van der Waals surface area contributed by atoms with Crippen LogP contribution in [0.2, 0.25) is 0 Å². The molecule has 0 aliphatic carbocycles. The molecule has 0 saturated carbocycles. The topological polar surface area (TPSA) is 6.48 Å². The van der Waals surface area contributed by atoms with Crippen molar-refractivity contribution in [2.24, 2.45) is 0 Å². The highest BCUT2D eigenvalue weighted by Crippen LogP contribution is 2.59. The van der Waals surface area contributed by atoms with E-state index < -0.39 is 0 Å². The number of hydrogen-bond donors (Lipinski definition) is 0. The minimum Gasteiger partial charge on any atom is -0.311 e. The van der Waals surface area contributed by atoms with Crippen molar-refractivity contribution in [3.8, 4) is 55.6 Å². The van der Waals surface area contributed by atoms with E-state index in [9.17, 15) is 0 Å². The van der Waals surface area contributed by atoms with Crippen molar-refractivity contribution >= 4 is 145 Å². The SMILES string of the molecule is c1ccc(-c2ccc(C3c4c(ccc5ccccc45)Sc4ccc5ccccc5c43)c3ccccc23)cc1.c1ccc(-c2ccc(N(c3ccc(-c4ccccc4)cc3)c3ccc(C4c5c(ccc6ccccc56)Sc5ccc6ccccc6c54)cc3)cc2)cc1.c1ccc(-c2ccc(N(c3ccc(-c4ccccc4)cc3)c3cccc(C4c5c(ccc6ccccc56)Sc5ccc6ccccc6c54)c3)cc2)cc1. The van der Waals surface area contributed by atoms with Crippen LogP contribution in [0.3, 0.4) is 0 Å². The lowest BCUT2D eigenvalue weighted by Gasteiger charge is -2.32. The minimum absolute atomic E-state index is 0.0566. The molecule has 144 heavy (non-hydrogen) atoms. The Kier molecular flexibility index (Phi) is 23.1. The second-order valence-corrected chi connectivity index (χ2v) is 40.7. The van der Waals surface area contributed by atoms with E-state index in [0.29, 0.717) is 0 Å². The summed E-state index contributed by atoms with van der Waals surface area (Å²) in [5, 5.41) is 18.3. The van der Waals surface area contributed by atoms with Gasteiger partial charge in [0, 0.05) is 81.3 Å². The summed E-state index contributed by atoms with van der Waals surface area (Å²) in [6, 6.07) is 202. The Labute approximate surface area is 852 Å². The summed E-state index contributed by atoms with van der Waals surface area (Å²) in [4.78, 5) is 12.8. The molecule has 0 unspecified atom stereocenters. The summed E-state index contributed by atoms with van der Waals surface area (Å²) in [7, 11) is 0. The number of hydrogen-bond acceptors (Lipinski definition) is 5. The van der Waals surface area contributed by atoms with E-state index in [4.69, 9.17) is 0 Å². The zero-order valence-corrected chi connectivity index (χ0v) is 81.3. The third kappa shape index (κ3) is 16.3. The Morgan fingerprint density at radius 2 is 0.375 bits per heavy atom. The van der Waals surface area contributed by atoms with E-state index in [1.807, 2.05) is 35.3 Å². The van der Waals surface area contributed by atoms with Gasteiger partial charge in [-0.3, -0.25) is 0 Å². The average Bonchev–Trinajstić information content (AvgIpc) is 0.716. The van der Waals surface area contributed by atoms with Gasteiger partial charge in [-0.1, -0.05) is 478 Å². The summed E-state index contributed by atoms with van der Waals surface area (Å²) >= 11 is 5.72. The van der Waals surface area contributed by atoms with Gasteiger partial charge in [-0.25, -0.2) is 0 Å². The predicted octanol–water partition coefficient (Wildman–Crippen LogP) is 39.3. The van der Waals surface area contributed by atoms with Crippen molar-refractivity contribution in [1.29, 1.82) is 0 Å². The Bertz CT molecular complexity index is 8720. The van der Waals surface area contributed by atoms with Gasteiger partial charge < -0.3 is 9.80 Å². The highest BCUT2D eigenvalue weighted by atomic mass is 32.2. The summed E-state index contributed by atoms with van der Waals surface area (Å²) < 4.78 is 0. The molecule has 0 aromatic heterocycles. The van der Waals surface area contributed by atoms with Crippen molar-refractivity contribution in [3.63, 3.8) is 0 Å². The van der Waals surface area contributed by atoms with Crippen LogP contribution in [0.4, 0.5) is 34.1 Å². The molecule has 0 saturated heterocycles. The van der Waals surface area contributed by atoms with E-state index in [-0.39, 0.29) is 17.8 Å². The highest BCUT2D eigenvalue weighted by Gasteiger charge is 2.37. The molecule has 25 aromatic carbocycles. The Morgan fingerprint density at radius 1 is 0.139 bits per heavy atom. The lowest BCUT2D eigenvalue weighted by atomic mass is 9.78. The Hall–Kier alpha value is -17.0.